The number of carbonyl (C=O) groups is 2. The van der Waals surface area contributed by atoms with Crippen LogP contribution >= 0.6 is 34.3 Å². The Balaban J connectivity index is 1.75. The Bertz CT molecular complexity index is 1360. The molecule has 0 saturated heterocycles. The molecule has 2 heterocycles. The van der Waals surface area contributed by atoms with Gasteiger partial charge >= 0.3 is 5.97 Å². The number of fused-ring (bicyclic) bond motifs is 1. The molecule has 0 aliphatic rings. The van der Waals surface area contributed by atoms with Gasteiger partial charge in [0, 0.05) is 21.0 Å². The molecule has 4 nitrogen and oxygen atoms in total. The highest BCUT2D eigenvalue weighted by molar-refractivity contribution is 7.22. The Kier molecular flexibility index (Phi) is 6.33. The number of carbonyl (C=O) groups excluding carboxylic acids is 2. The van der Waals surface area contributed by atoms with Gasteiger partial charge < -0.3 is 10.1 Å². The number of aryl methyl sites for hydroxylation is 2. The molecule has 0 unspecified atom stereocenters. The molecular weight excluding hydrogens is 469 g/mol. The molecule has 8 heteroatoms. The first kappa shape index (κ1) is 22.5. The molecule has 2 aromatic heterocycles. The van der Waals surface area contributed by atoms with Crippen LogP contribution in [0, 0.1) is 19.7 Å². The van der Waals surface area contributed by atoms with Crippen molar-refractivity contribution in [1.82, 2.24) is 0 Å². The normalized spacial score (nSPS) is 11.0. The fraction of sp³-hybridized carbons (Fsp3) is 0.167. The van der Waals surface area contributed by atoms with Crippen molar-refractivity contribution in [2.45, 2.75) is 20.8 Å². The first-order valence-electron chi connectivity index (χ1n) is 9.85. The van der Waals surface area contributed by atoms with Crippen molar-refractivity contribution in [2.24, 2.45) is 0 Å². The van der Waals surface area contributed by atoms with Crippen LogP contribution < -0.4 is 5.32 Å². The molecule has 0 aliphatic carbocycles. The maximum absolute atomic E-state index is 13.6. The molecule has 0 atom stereocenters. The minimum Gasteiger partial charge on any atom is -0.462 e. The summed E-state index contributed by atoms with van der Waals surface area (Å²) in [5, 5.41) is 5.89. The number of benzene rings is 2. The Hall–Kier alpha value is -2.74. The predicted octanol–water partition coefficient (Wildman–Crippen LogP) is 7.47. The summed E-state index contributed by atoms with van der Waals surface area (Å²) in [7, 11) is 0. The van der Waals surface area contributed by atoms with Crippen LogP contribution in [-0.4, -0.2) is 18.5 Å². The van der Waals surface area contributed by atoms with Crippen LogP contribution in [0.5, 0.6) is 0 Å². The predicted molar refractivity (Wildman–Crippen MR) is 130 cm³/mol. The van der Waals surface area contributed by atoms with Gasteiger partial charge in [0.15, 0.2) is 0 Å². The zero-order valence-electron chi connectivity index (χ0n) is 17.5. The van der Waals surface area contributed by atoms with Gasteiger partial charge in [-0.2, -0.15) is 0 Å². The molecule has 1 amide bonds. The Morgan fingerprint density at radius 3 is 2.62 bits per heavy atom. The molecule has 32 heavy (non-hydrogen) atoms. The summed E-state index contributed by atoms with van der Waals surface area (Å²) >= 11 is 8.74. The third-order valence-electron chi connectivity index (χ3n) is 4.97. The maximum Gasteiger partial charge on any atom is 0.341 e. The average molecular weight is 488 g/mol. The summed E-state index contributed by atoms with van der Waals surface area (Å²) in [6.07, 6.45) is 0. The van der Waals surface area contributed by atoms with E-state index in [-0.39, 0.29) is 16.5 Å². The largest absolute Gasteiger partial charge is 0.462 e. The van der Waals surface area contributed by atoms with Crippen LogP contribution in [0.3, 0.4) is 0 Å². The lowest BCUT2D eigenvalue weighted by atomic mass is 9.97. The van der Waals surface area contributed by atoms with E-state index in [1.54, 1.807) is 13.0 Å². The Labute approximate surface area is 197 Å². The number of nitrogens with one attached hydrogen (secondary N) is 1. The van der Waals surface area contributed by atoms with E-state index in [0.717, 1.165) is 28.0 Å². The summed E-state index contributed by atoms with van der Waals surface area (Å²) in [5.74, 6) is -1.37. The molecule has 164 valence electrons. The number of rotatable bonds is 5. The molecule has 4 rings (SSSR count). The van der Waals surface area contributed by atoms with E-state index in [0.29, 0.717) is 26.2 Å². The number of thiophene rings is 2. The third kappa shape index (κ3) is 4.16. The van der Waals surface area contributed by atoms with Gasteiger partial charge in [0.25, 0.3) is 5.91 Å². The van der Waals surface area contributed by atoms with Crippen LogP contribution in [0.2, 0.25) is 5.02 Å². The van der Waals surface area contributed by atoms with Crippen molar-refractivity contribution in [3.63, 3.8) is 0 Å². The van der Waals surface area contributed by atoms with Crippen molar-refractivity contribution in [3.8, 4) is 11.1 Å². The van der Waals surface area contributed by atoms with E-state index in [9.17, 15) is 14.0 Å². The zero-order chi connectivity index (χ0) is 23.0. The van der Waals surface area contributed by atoms with E-state index in [1.165, 1.54) is 23.5 Å². The van der Waals surface area contributed by atoms with Gasteiger partial charge in [0.1, 0.15) is 21.3 Å². The number of hydrogen-bond donors (Lipinski definition) is 1. The van der Waals surface area contributed by atoms with Crippen LogP contribution in [0.1, 0.15) is 38.1 Å². The number of anilines is 1. The van der Waals surface area contributed by atoms with E-state index in [4.69, 9.17) is 16.3 Å². The second-order valence-corrected chi connectivity index (χ2v) is 9.54. The molecule has 1 N–H and O–H groups in total. The molecule has 0 saturated carbocycles. The standard InChI is InChI=1S/C24H19ClFNO3S2/c1-4-30-24(29)19-17(15-7-5-12(2)9-13(15)3)11-31-23(19)27-22(28)21-20(25)16-8-6-14(26)10-18(16)32-21/h5-11H,4H2,1-3H3,(H,27,28). The highest BCUT2D eigenvalue weighted by Gasteiger charge is 2.25. The minimum absolute atomic E-state index is 0.210. The monoisotopic (exact) mass is 487 g/mol. The van der Waals surface area contributed by atoms with Gasteiger partial charge in [0.2, 0.25) is 0 Å². The van der Waals surface area contributed by atoms with Crippen molar-refractivity contribution < 1.29 is 18.7 Å². The lowest BCUT2D eigenvalue weighted by Gasteiger charge is -2.10. The SMILES string of the molecule is CCOC(=O)c1c(-c2ccc(C)cc2C)csc1NC(=O)c1sc2cc(F)ccc2c1Cl. The van der Waals surface area contributed by atoms with E-state index in [1.807, 2.05) is 37.4 Å². The van der Waals surface area contributed by atoms with Crippen molar-refractivity contribution in [3.05, 3.63) is 74.2 Å². The minimum atomic E-state index is -0.511. The molecule has 0 bridgehead atoms. The lowest BCUT2D eigenvalue weighted by Crippen LogP contribution is -2.14. The second kappa shape index (κ2) is 9.02. The van der Waals surface area contributed by atoms with Crippen LogP contribution in [0.15, 0.2) is 41.8 Å². The Morgan fingerprint density at radius 1 is 1.12 bits per heavy atom. The molecule has 0 radical (unpaired) electrons. The van der Waals surface area contributed by atoms with Gasteiger partial charge in [-0.15, -0.1) is 22.7 Å². The fourth-order valence-corrected chi connectivity index (χ4v) is 5.90. The van der Waals surface area contributed by atoms with Crippen molar-refractivity contribution in [1.29, 1.82) is 0 Å². The summed E-state index contributed by atoms with van der Waals surface area (Å²) in [6, 6.07) is 10.2. The van der Waals surface area contributed by atoms with Gasteiger partial charge in [-0.3, -0.25) is 4.79 Å². The number of hydrogen-bond acceptors (Lipinski definition) is 5. The Morgan fingerprint density at radius 2 is 1.91 bits per heavy atom. The molecular formula is C24H19ClFNO3S2. The second-order valence-electron chi connectivity index (χ2n) is 7.23. The quantitative estimate of drug-likeness (QED) is 0.297. The zero-order valence-corrected chi connectivity index (χ0v) is 19.9. The first-order valence-corrected chi connectivity index (χ1v) is 11.9. The average Bonchev–Trinajstić information content (AvgIpc) is 3.29. The van der Waals surface area contributed by atoms with Crippen LogP contribution in [0.4, 0.5) is 9.39 Å². The van der Waals surface area contributed by atoms with Gasteiger partial charge in [-0.1, -0.05) is 35.4 Å². The number of amides is 1. The molecule has 2 aromatic carbocycles. The third-order valence-corrected chi connectivity index (χ3v) is 7.52. The summed E-state index contributed by atoms with van der Waals surface area (Å²) in [6.45, 7) is 5.92. The van der Waals surface area contributed by atoms with E-state index < -0.39 is 17.7 Å². The van der Waals surface area contributed by atoms with Gasteiger partial charge in [-0.05, 0) is 50.1 Å². The van der Waals surface area contributed by atoms with Crippen LogP contribution in [0.25, 0.3) is 21.2 Å². The fourth-order valence-electron chi connectivity index (χ4n) is 3.51. The van der Waals surface area contributed by atoms with Crippen molar-refractivity contribution in [2.75, 3.05) is 11.9 Å². The lowest BCUT2D eigenvalue weighted by molar-refractivity contribution is 0.0529. The van der Waals surface area contributed by atoms with Crippen molar-refractivity contribution >= 4 is 61.2 Å². The van der Waals surface area contributed by atoms with Gasteiger partial charge in [-0.25, -0.2) is 9.18 Å². The highest BCUT2D eigenvalue weighted by Crippen LogP contribution is 2.40. The van der Waals surface area contributed by atoms with E-state index >= 15 is 0 Å². The van der Waals surface area contributed by atoms with Crippen LogP contribution in [-0.2, 0) is 4.74 Å². The molecule has 4 aromatic rings. The molecule has 0 spiro atoms. The molecule has 0 fully saturated rings. The number of halogens is 2. The maximum atomic E-state index is 13.6. The summed E-state index contributed by atoms with van der Waals surface area (Å²) in [5.41, 5.74) is 4.03. The van der Waals surface area contributed by atoms with Gasteiger partial charge in [0.05, 0.1) is 11.6 Å². The number of ether oxygens (including phenoxy) is 1. The molecule has 0 aliphatic heterocycles. The highest BCUT2D eigenvalue weighted by atomic mass is 35.5. The number of esters is 1. The topological polar surface area (TPSA) is 55.4 Å². The first-order chi connectivity index (χ1) is 15.3. The smallest absolute Gasteiger partial charge is 0.341 e. The van der Waals surface area contributed by atoms with E-state index in [2.05, 4.69) is 5.32 Å². The summed E-state index contributed by atoms with van der Waals surface area (Å²) in [4.78, 5) is 26.1. The summed E-state index contributed by atoms with van der Waals surface area (Å²) < 4.78 is 19.4.